The van der Waals surface area contributed by atoms with E-state index in [0.717, 1.165) is 11.4 Å². The second kappa shape index (κ2) is 14.8. The van der Waals surface area contributed by atoms with Gasteiger partial charge in [0.25, 0.3) is 0 Å². The van der Waals surface area contributed by atoms with Gasteiger partial charge in [0, 0.05) is 47.0 Å². The Morgan fingerprint density at radius 1 is 0.312 bits per heavy atom. The Morgan fingerprint density at radius 2 is 0.828 bits per heavy atom. The van der Waals surface area contributed by atoms with Crippen LogP contribution < -0.4 is 4.90 Å². The van der Waals surface area contributed by atoms with Crippen LogP contribution in [0.5, 0.6) is 0 Å². The van der Waals surface area contributed by atoms with Crippen LogP contribution in [0.1, 0.15) is 22.3 Å². The highest BCUT2D eigenvalue weighted by Crippen LogP contribution is 2.57. The number of thiophene rings is 2. The molecule has 0 spiro atoms. The first-order valence-electron chi connectivity index (χ1n) is 21.9. The molecule has 0 aliphatic heterocycles. The summed E-state index contributed by atoms with van der Waals surface area (Å²) in [6, 6.07) is 87.7. The molecular formula is C61H39NS2. The van der Waals surface area contributed by atoms with E-state index in [-0.39, 0.29) is 0 Å². The Bertz CT molecular complexity index is 3670. The maximum Gasteiger partial charge on any atom is 0.0713 e. The summed E-state index contributed by atoms with van der Waals surface area (Å²) < 4.78 is 5.24. The Balaban J connectivity index is 0.941. The fraction of sp³-hybridized carbons (Fsp3) is 0.0164. The zero-order valence-corrected chi connectivity index (χ0v) is 36.4. The molecule has 0 radical (unpaired) electrons. The van der Waals surface area contributed by atoms with Crippen LogP contribution in [0.2, 0.25) is 0 Å². The van der Waals surface area contributed by atoms with E-state index in [1.807, 2.05) is 22.7 Å². The first-order chi connectivity index (χ1) is 31.7. The van der Waals surface area contributed by atoms with Gasteiger partial charge in [0.15, 0.2) is 0 Å². The minimum Gasteiger partial charge on any atom is -0.309 e. The molecule has 1 aliphatic rings. The van der Waals surface area contributed by atoms with Gasteiger partial charge in [-0.15, -0.1) is 22.7 Å². The molecule has 2 aromatic heterocycles. The molecular weight excluding hydrogens is 811 g/mol. The van der Waals surface area contributed by atoms with E-state index >= 15 is 0 Å². The summed E-state index contributed by atoms with van der Waals surface area (Å²) in [5.74, 6) is 0. The van der Waals surface area contributed by atoms with Gasteiger partial charge in [-0.05, 0) is 110 Å². The Hall–Kier alpha value is -7.56. The molecule has 0 amide bonds. The molecule has 0 unspecified atom stereocenters. The van der Waals surface area contributed by atoms with Crippen molar-refractivity contribution in [2.24, 2.45) is 0 Å². The van der Waals surface area contributed by atoms with Crippen molar-refractivity contribution in [2.75, 3.05) is 4.90 Å². The maximum absolute atomic E-state index is 2.48. The normalized spacial score (nSPS) is 12.8. The van der Waals surface area contributed by atoms with E-state index in [1.165, 1.54) is 102 Å². The largest absolute Gasteiger partial charge is 0.309 e. The van der Waals surface area contributed by atoms with E-state index in [0.29, 0.717) is 0 Å². The zero-order chi connectivity index (χ0) is 42.2. The van der Waals surface area contributed by atoms with Crippen molar-refractivity contribution in [1.82, 2.24) is 0 Å². The molecule has 1 aliphatic carbocycles. The first-order valence-corrected chi connectivity index (χ1v) is 23.5. The third-order valence-electron chi connectivity index (χ3n) is 13.4. The minimum absolute atomic E-state index is 0.453. The summed E-state index contributed by atoms with van der Waals surface area (Å²) in [4.78, 5) is 2.48. The van der Waals surface area contributed by atoms with E-state index in [1.54, 1.807) is 0 Å². The van der Waals surface area contributed by atoms with Gasteiger partial charge in [0.1, 0.15) is 0 Å². The van der Waals surface area contributed by atoms with Crippen molar-refractivity contribution in [3.05, 3.63) is 259 Å². The van der Waals surface area contributed by atoms with Gasteiger partial charge in [-0.2, -0.15) is 0 Å². The number of hydrogen-bond donors (Lipinski definition) is 0. The van der Waals surface area contributed by atoms with Crippen molar-refractivity contribution in [1.29, 1.82) is 0 Å². The first kappa shape index (κ1) is 37.0. The molecule has 12 aromatic rings. The van der Waals surface area contributed by atoms with Crippen molar-refractivity contribution in [3.8, 4) is 33.4 Å². The van der Waals surface area contributed by atoms with Crippen LogP contribution in [0.3, 0.4) is 0 Å². The molecule has 3 heteroatoms. The average molecular weight is 850 g/mol. The number of fused-ring (bicyclic) bond motifs is 9. The third-order valence-corrected chi connectivity index (χ3v) is 15.7. The number of nitrogens with zero attached hydrogens (tertiary/aromatic N) is 1. The summed E-state index contributed by atoms with van der Waals surface area (Å²) in [7, 11) is 0. The van der Waals surface area contributed by atoms with Gasteiger partial charge in [-0.1, -0.05) is 182 Å². The van der Waals surface area contributed by atoms with Crippen molar-refractivity contribution >= 4 is 80.1 Å². The molecule has 0 atom stereocenters. The van der Waals surface area contributed by atoms with Gasteiger partial charge in [0.05, 0.1) is 15.8 Å². The highest BCUT2D eigenvalue weighted by atomic mass is 32.1. The average Bonchev–Trinajstić information content (AvgIpc) is 4.03. The van der Waals surface area contributed by atoms with Gasteiger partial charge in [0.2, 0.25) is 0 Å². The summed E-state index contributed by atoms with van der Waals surface area (Å²) in [5, 5.41) is 5.23. The second-order valence-corrected chi connectivity index (χ2v) is 18.9. The van der Waals surface area contributed by atoms with Crippen molar-refractivity contribution < 1.29 is 0 Å². The lowest BCUT2D eigenvalue weighted by Crippen LogP contribution is -2.28. The quantitative estimate of drug-likeness (QED) is 0.154. The summed E-state index contributed by atoms with van der Waals surface area (Å²) in [6.07, 6.45) is 0. The number of anilines is 3. The highest BCUT2D eigenvalue weighted by molar-refractivity contribution is 7.26. The predicted molar refractivity (Wildman–Crippen MR) is 275 cm³/mol. The molecule has 0 fully saturated rings. The smallest absolute Gasteiger partial charge is 0.0713 e. The highest BCUT2D eigenvalue weighted by Gasteiger charge is 2.46. The van der Waals surface area contributed by atoms with Crippen LogP contribution in [0.15, 0.2) is 237 Å². The van der Waals surface area contributed by atoms with Crippen molar-refractivity contribution in [2.45, 2.75) is 5.41 Å². The lowest BCUT2D eigenvalue weighted by atomic mass is 9.68. The Labute approximate surface area is 380 Å². The van der Waals surface area contributed by atoms with Crippen LogP contribution in [0, 0.1) is 0 Å². The van der Waals surface area contributed by atoms with Gasteiger partial charge >= 0.3 is 0 Å². The molecule has 2 heterocycles. The van der Waals surface area contributed by atoms with Crippen LogP contribution in [0.25, 0.3) is 73.7 Å². The monoisotopic (exact) mass is 849 g/mol. The Morgan fingerprint density at radius 3 is 1.55 bits per heavy atom. The maximum atomic E-state index is 2.48. The standard InChI is InChI=1S/C61H39NS2/c1-3-14-44(15-4-1)61(45-16-5-2-6-17-45)54-22-10-7-18-48(54)52-39-47(35-36-55(52)61)62(56-23-13-21-51-49-19-8-12-25-58(49)64-60(51)56)46-33-30-41(31-34-46)40-26-28-42(29-27-40)43-32-37-59-53(38-43)50-20-9-11-24-57(50)63-59/h1-39H. The van der Waals surface area contributed by atoms with Crippen LogP contribution in [-0.2, 0) is 5.41 Å². The summed E-state index contributed by atoms with van der Waals surface area (Å²) in [5.41, 5.74) is 15.5. The van der Waals surface area contributed by atoms with Gasteiger partial charge < -0.3 is 4.90 Å². The van der Waals surface area contributed by atoms with E-state index in [2.05, 4.69) is 241 Å². The SMILES string of the molecule is c1ccc(C2(c3ccccc3)c3ccccc3-c3cc(N(c4ccc(-c5ccc(-c6ccc7sc8ccccc8c7c6)cc5)cc4)c4cccc5c4sc4ccccc45)ccc32)cc1. The van der Waals surface area contributed by atoms with E-state index < -0.39 is 5.41 Å². The van der Waals surface area contributed by atoms with E-state index in [4.69, 9.17) is 0 Å². The number of hydrogen-bond acceptors (Lipinski definition) is 3. The van der Waals surface area contributed by atoms with Gasteiger partial charge in [-0.3, -0.25) is 0 Å². The summed E-state index contributed by atoms with van der Waals surface area (Å²) in [6.45, 7) is 0. The molecule has 64 heavy (non-hydrogen) atoms. The fourth-order valence-corrected chi connectivity index (χ4v) is 12.8. The van der Waals surface area contributed by atoms with Crippen LogP contribution >= 0.6 is 22.7 Å². The third kappa shape index (κ3) is 5.68. The van der Waals surface area contributed by atoms with Crippen LogP contribution in [-0.4, -0.2) is 0 Å². The Kier molecular flexibility index (Phi) is 8.55. The minimum atomic E-state index is -0.453. The second-order valence-electron chi connectivity index (χ2n) is 16.8. The topological polar surface area (TPSA) is 3.24 Å². The van der Waals surface area contributed by atoms with Gasteiger partial charge in [-0.25, -0.2) is 0 Å². The predicted octanol–water partition coefficient (Wildman–Crippen LogP) is 17.6. The lowest BCUT2D eigenvalue weighted by Gasteiger charge is -2.34. The molecule has 10 aromatic carbocycles. The molecule has 0 saturated carbocycles. The lowest BCUT2D eigenvalue weighted by molar-refractivity contribution is 0.768. The van der Waals surface area contributed by atoms with E-state index in [9.17, 15) is 0 Å². The fourth-order valence-electron chi connectivity index (χ4n) is 10.5. The molecule has 0 N–H and O–H groups in total. The molecule has 0 saturated heterocycles. The summed E-state index contributed by atoms with van der Waals surface area (Å²) >= 11 is 3.74. The zero-order valence-electron chi connectivity index (χ0n) is 34.8. The number of rotatable bonds is 7. The number of benzene rings is 10. The molecule has 300 valence electrons. The molecule has 1 nitrogen and oxygen atoms in total. The molecule has 13 rings (SSSR count). The van der Waals surface area contributed by atoms with Crippen molar-refractivity contribution in [3.63, 3.8) is 0 Å². The van der Waals surface area contributed by atoms with Crippen LogP contribution in [0.4, 0.5) is 17.1 Å². The molecule has 0 bridgehead atoms.